The number of aromatic nitrogens is 1. The Kier molecular flexibility index (Phi) is 5.26. The Morgan fingerprint density at radius 3 is 2.56 bits per heavy atom. The van der Waals surface area contributed by atoms with Crippen LogP contribution in [0.4, 0.5) is 10.6 Å². The summed E-state index contributed by atoms with van der Waals surface area (Å²) in [6, 6.07) is 5.66. The lowest BCUT2D eigenvalue weighted by molar-refractivity contribution is 0.181. The molecule has 3 rings (SSSR count). The highest BCUT2D eigenvalue weighted by Crippen LogP contribution is 2.24. The quantitative estimate of drug-likeness (QED) is 0.777. The van der Waals surface area contributed by atoms with Gasteiger partial charge in [0.25, 0.3) is 10.2 Å². The number of hydrogen-bond donors (Lipinski definition) is 0. The van der Waals surface area contributed by atoms with Crippen molar-refractivity contribution < 1.29 is 17.9 Å². The molecule has 25 heavy (non-hydrogen) atoms. The van der Waals surface area contributed by atoms with E-state index in [-0.39, 0.29) is 6.09 Å². The van der Waals surface area contributed by atoms with E-state index >= 15 is 0 Å². The third-order valence-electron chi connectivity index (χ3n) is 4.69. The van der Waals surface area contributed by atoms with Crippen LogP contribution in [0, 0.1) is 5.92 Å². The highest BCUT2D eigenvalue weighted by molar-refractivity contribution is 7.86. The van der Waals surface area contributed by atoms with Gasteiger partial charge in [-0.15, -0.1) is 0 Å². The molecule has 1 aromatic rings. The van der Waals surface area contributed by atoms with Gasteiger partial charge in [0.15, 0.2) is 0 Å². The van der Waals surface area contributed by atoms with Crippen molar-refractivity contribution in [3.63, 3.8) is 0 Å². The van der Waals surface area contributed by atoms with Gasteiger partial charge in [0.2, 0.25) is 0 Å². The number of rotatable bonds is 5. The number of pyridine rings is 1. The van der Waals surface area contributed by atoms with Crippen LogP contribution in [0.15, 0.2) is 18.2 Å². The van der Waals surface area contributed by atoms with Gasteiger partial charge in [-0.25, -0.2) is 9.78 Å². The molecule has 3 heterocycles. The summed E-state index contributed by atoms with van der Waals surface area (Å²) in [6.07, 6.45) is 2.05. The Labute approximate surface area is 148 Å². The van der Waals surface area contributed by atoms with Crippen molar-refractivity contribution in [2.75, 3.05) is 45.2 Å². The standard InChI is InChI=1S/C16H24N4O4S/c1-18(2)25(22,23)19-8-6-13(7-9-19)12-14-4-3-5-15(17-14)20-10-11-24-16(20)21/h3-5,13H,6-12H2,1-2H3. The SMILES string of the molecule is CN(C)S(=O)(=O)N1CCC(Cc2cccc(N3CCOC3=O)n2)CC1. The summed E-state index contributed by atoms with van der Waals surface area (Å²) in [4.78, 5) is 17.8. The van der Waals surface area contributed by atoms with Gasteiger partial charge in [-0.05, 0) is 37.3 Å². The molecule has 0 bridgehead atoms. The average Bonchev–Trinajstić information content (AvgIpc) is 3.01. The number of nitrogens with zero attached hydrogens (tertiary/aromatic N) is 4. The first-order valence-corrected chi connectivity index (χ1v) is 9.85. The number of cyclic esters (lactones) is 1. The smallest absolute Gasteiger partial charge is 0.415 e. The second-order valence-electron chi connectivity index (χ2n) is 6.59. The molecule has 1 amide bonds. The molecule has 0 aromatic carbocycles. The summed E-state index contributed by atoms with van der Waals surface area (Å²) in [5.41, 5.74) is 0.922. The molecule has 1 aromatic heterocycles. The summed E-state index contributed by atoms with van der Waals surface area (Å²) in [5, 5.41) is 0. The molecule has 0 N–H and O–H groups in total. The Morgan fingerprint density at radius 2 is 1.96 bits per heavy atom. The highest BCUT2D eigenvalue weighted by Gasteiger charge is 2.30. The van der Waals surface area contributed by atoms with Crippen LogP contribution in [0.3, 0.4) is 0 Å². The fourth-order valence-corrected chi connectivity index (χ4v) is 4.34. The van der Waals surface area contributed by atoms with Crippen LogP contribution >= 0.6 is 0 Å². The third-order valence-corrected chi connectivity index (χ3v) is 6.63. The maximum atomic E-state index is 12.2. The molecule has 2 aliphatic heterocycles. The molecule has 9 heteroatoms. The molecule has 2 fully saturated rings. The number of hydrogen-bond acceptors (Lipinski definition) is 5. The number of piperidine rings is 1. The van der Waals surface area contributed by atoms with Crippen LogP contribution in [0.1, 0.15) is 18.5 Å². The zero-order valence-corrected chi connectivity index (χ0v) is 15.4. The Morgan fingerprint density at radius 1 is 1.24 bits per heavy atom. The lowest BCUT2D eigenvalue weighted by Crippen LogP contribution is -2.44. The van der Waals surface area contributed by atoms with Gasteiger partial charge in [0.1, 0.15) is 12.4 Å². The molecule has 2 saturated heterocycles. The maximum Gasteiger partial charge on any atom is 0.415 e. The van der Waals surface area contributed by atoms with Crippen molar-refractivity contribution >= 4 is 22.1 Å². The van der Waals surface area contributed by atoms with Gasteiger partial charge in [-0.3, -0.25) is 4.90 Å². The lowest BCUT2D eigenvalue weighted by atomic mass is 9.93. The van der Waals surface area contributed by atoms with E-state index in [9.17, 15) is 13.2 Å². The molecule has 138 valence electrons. The van der Waals surface area contributed by atoms with E-state index in [0.717, 1.165) is 25.0 Å². The third kappa shape index (κ3) is 3.94. The summed E-state index contributed by atoms with van der Waals surface area (Å²) >= 11 is 0. The van der Waals surface area contributed by atoms with E-state index in [2.05, 4.69) is 4.98 Å². The molecule has 8 nitrogen and oxygen atoms in total. The molecule has 0 saturated carbocycles. The second kappa shape index (κ2) is 7.27. The van der Waals surface area contributed by atoms with Crippen molar-refractivity contribution in [1.82, 2.24) is 13.6 Å². The monoisotopic (exact) mass is 368 g/mol. The number of amides is 1. The first-order valence-electron chi connectivity index (χ1n) is 8.46. The maximum absolute atomic E-state index is 12.2. The molecule has 0 spiro atoms. The van der Waals surface area contributed by atoms with Gasteiger partial charge in [-0.2, -0.15) is 17.0 Å². The van der Waals surface area contributed by atoms with Crippen molar-refractivity contribution in [3.8, 4) is 0 Å². The summed E-state index contributed by atoms with van der Waals surface area (Å²) in [6.45, 7) is 1.98. The van der Waals surface area contributed by atoms with Crippen LogP contribution < -0.4 is 4.90 Å². The topological polar surface area (TPSA) is 83.0 Å². The largest absolute Gasteiger partial charge is 0.447 e. The van der Waals surface area contributed by atoms with Crippen LogP contribution in [0.25, 0.3) is 0 Å². The number of carbonyl (C=O) groups excluding carboxylic acids is 1. The predicted octanol–water partition coefficient (Wildman–Crippen LogP) is 1.10. The molecular formula is C16H24N4O4S. The van der Waals surface area contributed by atoms with Crippen molar-refractivity contribution in [2.24, 2.45) is 5.92 Å². The zero-order chi connectivity index (χ0) is 18.0. The molecule has 0 atom stereocenters. The van der Waals surface area contributed by atoms with E-state index in [1.807, 2.05) is 18.2 Å². The van der Waals surface area contributed by atoms with E-state index in [0.29, 0.717) is 38.0 Å². The molecule has 0 unspecified atom stereocenters. The van der Waals surface area contributed by atoms with Crippen LogP contribution in [-0.2, 0) is 21.4 Å². The average molecular weight is 368 g/mol. The number of anilines is 1. The molecule has 0 radical (unpaired) electrons. The van der Waals surface area contributed by atoms with E-state index in [4.69, 9.17) is 4.74 Å². The second-order valence-corrected chi connectivity index (χ2v) is 8.73. The van der Waals surface area contributed by atoms with Gasteiger partial charge in [-0.1, -0.05) is 6.07 Å². The Balaban J connectivity index is 1.60. The van der Waals surface area contributed by atoms with Crippen molar-refractivity contribution in [3.05, 3.63) is 23.9 Å². The lowest BCUT2D eigenvalue weighted by Gasteiger charge is -2.32. The minimum absolute atomic E-state index is 0.355. The molecule has 0 aliphatic carbocycles. The van der Waals surface area contributed by atoms with Crippen molar-refractivity contribution in [1.29, 1.82) is 0 Å². The van der Waals surface area contributed by atoms with Gasteiger partial charge in [0, 0.05) is 32.9 Å². The minimum Gasteiger partial charge on any atom is -0.447 e. The number of ether oxygens (including phenoxy) is 1. The Bertz CT molecular complexity index is 729. The highest BCUT2D eigenvalue weighted by atomic mass is 32.2. The summed E-state index contributed by atoms with van der Waals surface area (Å²) in [5.74, 6) is 1.01. The van der Waals surface area contributed by atoms with Crippen molar-refractivity contribution in [2.45, 2.75) is 19.3 Å². The van der Waals surface area contributed by atoms with Gasteiger partial charge in [0.05, 0.1) is 6.54 Å². The van der Waals surface area contributed by atoms with Crippen LogP contribution in [-0.4, -0.2) is 68.4 Å². The van der Waals surface area contributed by atoms with E-state index < -0.39 is 10.2 Å². The zero-order valence-electron chi connectivity index (χ0n) is 14.6. The minimum atomic E-state index is -3.33. The summed E-state index contributed by atoms with van der Waals surface area (Å²) in [7, 11) is -0.216. The normalized spacial score (nSPS) is 20.3. The Hall–Kier alpha value is -1.71. The molecular weight excluding hydrogens is 344 g/mol. The summed E-state index contributed by atoms with van der Waals surface area (Å²) < 4.78 is 32.1. The van der Waals surface area contributed by atoms with Crippen LogP contribution in [0.5, 0.6) is 0 Å². The molecule has 2 aliphatic rings. The first kappa shape index (κ1) is 18.1. The fourth-order valence-electron chi connectivity index (χ4n) is 3.20. The first-order chi connectivity index (χ1) is 11.9. The predicted molar refractivity (Wildman–Crippen MR) is 93.5 cm³/mol. The van der Waals surface area contributed by atoms with E-state index in [1.165, 1.54) is 13.5 Å². The van der Waals surface area contributed by atoms with E-state index in [1.54, 1.807) is 14.1 Å². The van der Waals surface area contributed by atoms with Crippen LogP contribution in [0.2, 0.25) is 0 Å². The van der Waals surface area contributed by atoms with Gasteiger partial charge >= 0.3 is 6.09 Å². The fraction of sp³-hybridized carbons (Fsp3) is 0.625. The van der Waals surface area contributed by atoms with Gasteiger partial charge < -0.3 is 4.74 Å². The number of carbonyl (C=O) groups is 1.